The summed E-state index contributed by atoms with van der Waals surface area (Å²) < 4.78 is 0. The lowest BCUT2D eigenvalue weighted by Gasteiger charge is -2.23. The van der Waals surface area contributed by atoms with Crippen molar-refractivity contribution in [3.05, 3.63) is 29.3 Å². The second kappa shape index (κ2) is 6.12. The summed E-state index contributed by atoms with van der Waals surface area (Å²) in [7, 11) is 0. The van der Waals surface area contributed by atoms with Crippen molar-refractivity contribution in [2.45, 2.75) is 33.2 Å². The molecule has 4 heteroatoms. The van der Waals surface area contributed by atoms with Gasteiger partial charge in [-0.2, -0.15) is 5.26 Å². The molecule has 19 heavy (non-hydrogen) atoms. The molecule has 1 aliphatic rings. The average Bonchev–Trinajstić information content (AvgIpc) is 2.41. The first-order chi connectivity index (χ1) is 9.10. The van der Waals surface area contributed by atoms with Crippen molar-refractivity contribution in [2.24, 2.45) is 10.9 Å². The van der Waals surface area contributed by atoms with Crippen LogP contribution in [0.4, 0.5) is 5.69 Å². The number of nitrogens with one attached hydrogen (secondary N) is 1. The molecule has 1 atom stereocenters. The lowest BCUT2D eigenvalue weighted by atomic mass is 10.0. The second-order valence-electron chi connectivity index (χ2n) is 5.15. The first-order valence-electron chi connectivity index (χ1n) is 6.58. The van der Waals surface area contributed by atoms with Crippen LogP contribution in [0.1, 0.15) is 31.4 Å². The van der Waals surface area contributed by atoms with Crippen molar-refractivity contribution in [3.8, 4) is 6.07 Å². The zero-order chi connectivity index (χ0) is 13.8. The maximum atomic E-state index is 8.96. The van der Waals surface area contributed by atoms with Crippen LogP contribution in [0.5, 0.6) is 0 Å². The van der Waals surface area contributed by atoms with Gasteiger partial charge in [0.1, 0.15) is 0 Å². The molecule has 0 amide bonds. The number of nitriles is 1. The Bertz CT molecular complexity index is 529. The molecular formula is C15H19N3S. The second-order valence-corrected chi connectivity index (χ2v) is 6.23. The minimum atomic E-state index is 0.406. The molecule has 0 saturated heterocycles. The quantitative estimate of drug-likeness (QED) is 0.891. The summed E-state index contributed by atoms with van der Waals surface area (Å²) in [6.45, 7) is 6.46. The number of thioether (sulfide) groups is 1. The lowest BCUT2D eigenvalue weighted by molar-refractivity contribution is 0.485. The van der Waals surface area contributed by atoms with Gasteiger partial charge in [-0.05, 0) is 37.0 Å². The molecule has 1 aliphatic heterocycles. The van der Waals surface area contributed by atoms with Crippen molar-refractivity contribution < 1.29 is 0 Å². The highest BCUT2D eigenvalue weighted by atomic mass is 32.2. The van der Waals surface area contributed by atoms with Crippen LogP contribution >= 0.6 is 11.8 Å². The third kappa shape index (κ3) is 3.51. The predicted molar refractivity (Wildman–Crippen MR) is 82.7 cm³/mol. The normalized spacial score (nSPS) is 18.9. The Labute approximate surface area is 119 Å². The molecule has 1 heterocycles. The molecule has 100 valence electrons. The monoisotopic (exact) mass is 273 g/mol. The number of rotatable bonds is 2. The van der Waals surface area contributed by atoms with Gasteiger partial charge in [0.15, 0.2) is 5.17 Å². The Morgan fingerprint density at radius 3 is 2.95 bits per heavy atom. The van der Waals surface area contributed by atoms with E-state index in [2.05, 4.69) is 25.2 Å². The van der Waals surface area contributed by atoms with E-state index in [0.717, 1.165) is 28.6 Å². The Kier molecular flexibility index (Phi) is 4.49. The zero-order valence-electron chi connectivity index (χ0n) is 11.6. The Morgan fingerprint density at radius 2 is 2.26 bits per heavy atom. The molecule has 0 saturated carbocycles. The number of nitrogens with zero attached hydrogens (tertiary/aromatic N) is 2. The van der Waals surface area contributed by atoms with Crippen LogP contribution < -0.4 is 5.32 Å². The SMILES string of the molecule is Cc1ccc(C#N)cc1NC1=NC(C(C)C)CCS1. The summed E-state index contributed by atoms with van der Waals surface area (Å²) in [6.07, 6.45) is 1.14. The van der Waals surface area contributed by atoms with Crippen molar-refractivity contribution in [1.29, 1.82) is 5.26 Å². The van der Waals surface area contributed by atoms with Gasteiger partial charge in [-0.25, -0.2) is 0 Å². The van der Waals surface area contributed by atoms with Crippen LogP contribution in [0.15, 0.2) is 23.2 Å². The molecule has 0 aliphatic carbocycles. The molecule has 0 aromatic heterocycles. The summed E-state index contributed by atoms with van der Waals surface area (Å²) in [5.74, 6) is 1.68. The third-order valence-electron chi connectivity index (χ3n) is 3.31. The molecule has 1 aromatic rings. The number of aliphatic imine (C=N–C) groups is 1. The Hall–Kier alpha value is -1.47. The zero-order valence-corrected chi connectivity index (χ0v) is 12.4. The first-order valence-corrected chi connectivity index (χ1v) is 7.57. The number of aryl methyl sites for hydroxylation is 1. The van der Waals surface area contributed by atoms with Gasteiger partial charge in [-0.1, -0.05) is 31.7 Å². The van der Waals surface area contributed by atoms with E-state index in [1.165, 1.54) is 0 Å². The number of anilines is 1. The fraction of sp³-hybridized carbons (Fsp3) is 0.467. The topological polar surface area (TPSA) is 48.2 Å². The van der Waals surface area contributed by atoms with Crippen LogP contribution in [-0.4, -0.2) is 17.0 Å². The minimum Gasteiger partial charge on any atom is -0.335 e. The predicted octanol–water partition coefficient (Wildman–Crippen LogP) is 3.80. The molecule has 1 N–H and O–H groups in total. The van der Waals surface area contributed by atoms with E-state index in [9.17, 15) is 0 Å². The first kappa shape index (κ1) is 14.0. The van der Waals surface area contributed by atoms with E-state index in [4.69, 9.17) is 10.3 Å². The Balaban J connectivity index is 2.19. The molecule has 1 unspecified atom stereocenters. The molecule has 1 aromatic carbocycles. The van der Waals surface area contributed by atoms with Gasteiger partial charge in [0.2, 0.25) is 0 Å². The van der Waals surface area contributed by atoms with E-state index in [1.54, 1.807) is 11.8 Å². The van der Waals surface area contributed by atoms with Crippen LogP contribution in [0, 0.1) is 24.2 Å². The molecule has 0 spiro atoms. The van der Waals surface area contributed by atoms with Gasteiger partial charge in [-0.3, -0.25) is 4.99 Å². The van der Waals surface area contributed by atoms with Gasteiger partial charge in [0.25, 0.3) is 0 Å². The van der Waals surface area contributed by atoms with E-state index in [-0.39, 0.29) is 0 Å². The summed E-state index contributed by atoms with van der Waals surface area (Å²) in [6, 6.07) is 8.27. The van der Waals surface area contributed by atoms with Crippen LogP contribution in [0.25, 0.3) is 0 Å². The molecule has 0 bridgehead atoms. The minimum absolute atomic E-state index is 0.406. The van der Waals surface area contributed by atoms with Gasteiger partial charge in [0.05, 0.1) is 17.7 Å². The van der Waals surface area contributed by atoms with E-state index < -0.39 is 0 Å². The summed E-state index contributed by atoms with van der Waals surface area (Å²) >= 11 is 1.76. The van der Waals surface area contributed by atoms with Gasteiger partial charge in [0, 0.05) is 11.4 Å². The van der Waals surface area contributed by atoms with E-state index >= 15 is 0 Å². The highest BCUT2D eigenvalue weighted by Crippen LogP contribution is 2.25. The molecule has 3 nitrogen and oxygen atoms in total. The van der Waals surface area contributed by atoms with Crippen molar-refractivity contribution in [3.63, 3.8) is 0 Å². The van der Waals surface area contributed by atoms with E-state index in [1.807, 2.05) is 25.1 Å². The number of hydrogen-bond acceptors (Lipinski definition) is 4. The smallest absolute Gasteiger partial charge is 0.161 e. The maximum absolute atomic E-state index is 8.96. The molecular weight excluding hydrogens is 254 g/mol. The number of hydrogen-bond donors (Lipinski definition) is 1. The third-order valence-corrected chi connectivity index (χ3v) is 4.23. The van der Waals surface area contributed by atoms with Crippen molar-refractivity contribution in [2.75, 3.05) is 11.1 Å². The fourth-order valence-corrected chi connectivity index (χ4v) is 2.97. The fourth-order valence-electron chi connectivity index (χ4n) is 2.02. The highest BCUT2D eigenvalue weighted by molar-refractivity contribution is 8.14. The lowest BCUT2D eigenvalue weighted by Crippen LogP contribution is -2.24. The molecule has 0 radical (unpaired) electrons. The van der Waals surface area contributed by atoms with Crippen molar-refractivity contribution >= 4 is 22.6 Å². The summed E-state index contributed by atoms with van der Waals surface area (Å²) in [5, 5.41) is 13.3. The maximum Gasteiger partial charge on any atom is 0.161 e. The standard InChI is InChI=1S/C15H19N3S/c1-10(2)13-6-7-19-15(17-13)18-14-8-12(9-16)5-4-11(14)3/h4-5,8,10,13H,6-7H2,1-3H3,(H,17,18). The van der Waals surface area contributed by atoms with Crippen LogP contribution in [0.3, 0.4) is 0 Å². The van der Waals surface area contributed by atoms with Crippen molar-refractivity contribution in [1.82, 2.24) is 0 Å². The van der Waals surface area contributed by atoms with Crippen LogP contribution in [0.2, 0.25) is 0 Å². The summed E-state index contributed by atoms with van der Waals surface area (Å²) in [4.78, 5) is 4.76. The van der Waals surface area contributed by atoms with E-state index in [0.29, 0.717) is 17.5 Å². The van der Waals surface area contributed by atoms with Gasteiger partial charge in [-0.15, -0.1) is 0 Å². The largest absolute Gasteiger partial charge is 0.335 e. The molecule has 0 fully saturated rings. The number of amidine groups is 1. The van der Waals surface area contributed by atoms with Crippen LogP contribution in [-0.2, 0) is 0 Å². The summed E-state index contributed by atoms with van der Waals surface area (Å²) in [5.41, 5.74) is 2.79. The van der Waals surface area contributed by atoms with Gasteiger partial charge < -0.3 is 5.32 Å². The number of benzene rings is 1. The van der Waals surface area contributed by atoms with Gasteiger partial charge >= 0.3 is 0 Å². The average molecular weight is 273 g/mol. The Morgan fingerprint density at radius 1 is 1.47 bits per heavy atom. The highest BCUT2D eigenvalue weighted by Gasteiger charge is 2.18. The molecule has 2 rings (SSSR count).